The third kappa shape index (κ3) is 2.46. The molecule has 2 heterocycles. The van der Waals surface area contributed by atoms with Crippen molar-refractivity contribution in [2.75, 3.05) is 18.1 Å². The standard InChI is InChI=1S/C13H20OS2/c1-2-5-11(6-3-1)13(9-12-10-14-12)15-7-4-8-16-13/h2,5,11-12H,1,3-4,6-10H2. The maximum atomic E-state index is 5.48. The molecule has 0 aromatic carbocycles. The molecule has 2 atom stereocenters. The quantitative estimate of drug-likeness (QED) is 0.564. The molecule has 2 saturated heterocycles. The van der Waals surface area contributed by atoms with Gasteiger partial charge >= 0.3 is 0 Å². The first-order valence-electron chi connectivity index (χ1n) is 6.45. The van der Waals surface area contributed by atoms with Crippen LogP contribution < -0.4 is 0 Å². The molecule has 2 aliphatic heterocycles. The number of epoxide rings is 1. The summed E-state index contributed by atoms with van der Waals surface area (Å²) in [5, 5.41) is 0. The Bertz CT molecular complexity index is 267. The average Bonchev–Trinajstić information content (AvgIpc) is 3.15. The van der Waals surface area contributed by atoms with Crippen molar-refractivity contribution in [2.24, 2.45) is 5.92 Å². The van der Waals surface area contributed by atoms with E-state index in [1.54, 1.807) is 0 Å². The first-order valence-corrected chi connectivity index (χ1v) is 8.42. The Morgan fingerprint density at radius 3 is 2.69 bits per heavy atom. The van der Waals surface area contributed by atoms with Gasteiger partial charge in [-0.3, -0.25) is 0 Å². The highest BCUT2D eigenvalue weighted by Gasteiger charge is 2.44. The van der Waals surface area contributed by atoms with Crippen molar-refractivity contribution in [1.82, 2.24) is 0 Å². The monoisotopic (exact) mass is 256 g/mol. The highest BCUT2D eigenvalue weighted by atomic mass is 32.2. The maximum Gasteiger partial charge on any atom is 0.0831 e. The topological polar surface area (TPSA) is 12.5 Å². The molecule has 3 heteroatoms. The molecule has 2 fully saturated rings. The zero-order valence-electron chi connectivity index (χ0n) is 9.69. The summed E-state index contributed by atoms with van der Waals surface area (Å²) in [6.07, 6.45) is 12.2. The number of ether oxygens (including phenoxy) is 1. The summed E-state index contributed by atoms with van der Waals surface area (Å²) >= 11 is 4.43. The van der Waals surface area contributed by atoms with E-state index in [1.807, 2.05) is 0 Å². The Morgan fingerprint density at radius 2 is 2.06 bits per heavy atom. The predicted molar refractivity (Wildman–Crippen MR) is 73.1 cm³/mol. The number of thioether (sulfide) groups is 2. The third-order valence-electron chi connectivity index (χ3n) is 3.72. The van der Waals surface area contributed by atoms with Crippen molar-refractivity contribution >= 4 is 23.5 Å². The van der Waals surface area contributed by atoms with Crippen LogP contribution in [0.15, 0.2) is 12.2 Å². The number of hydrogen-bond acceptors (Lipinski definition) is 3. The second-order valence-corrected chi connectivity index (χ2v) is 8.10. The highest BCUT2D eigenvalue weighted by Crippen LogP contribution is 2.54. The van der Waals surface area contributed by atoms with E-state index < -0.39 is 0 Å². The summed E-state index contributed by atoms with van der Waals surface area (Å²) in [5.41, 5.74) is 0. The molecule has 0 aromatic rings. The Hall–Kier alpha value is 0.400. The Balaban J connectivity index is 1.75. The summed E-state index contributed by atoms with van der Waals surface area (Å²) in [5.74, 6) is 3.49. The normalized spacial score (nSPS) is 37.2. The lowest BCUT2D eigenvalue weighted by Crippen LogP contribution is -2.35. The van der Waals surface area contributed by atoms with Gasteiger partial charge in [0.1, 0.15) is 0 Å². The van der Waals surface area contributed by atoms with Gasteiger partial charge in [0.15, 0.2) is 0 Å². The van der Waals surface area contributed by atoms with Crippen molar-refractivity contribution in [2.45, 2.75) is 42.3 Å². The molecule has 1 nitrogen and oxygen atoms in total. The average molecular weight is 256 g/mol. The van der Waals surface area contributed by atoms with Crippen LogP contribution in [-0.2, 0) is 4.74 Å². The van der Waals surface area contributed by atoms with Crippen LogP contribution in [-0.4, -0.2) is 28.3 Å². The fraction of sp³-hybridized carbons (Fsp3) is 0.846. The van der Waals surface area contributed by atoms with E-state index in [1.165, 1.54) is 43.6 Å². The summed E-state index contributed by atoms with van der Waals surface area (Å²) in [6, 6.07) is 0. The molecular weight excluding hydrogens is 236 g/mol. The van der Waals surface area contributed by atoms with Gasteiger partial charge in [-0.2, -0.15) is 0 Å². The van der Waals surface area contributed by atoms with Crippen molar-refractivity contribution in [3.63, 3.8) is 0 Å². The smallest absolute Gasteiger partial charge is 0.0831 e. The van der Waals surface area contributed by atoms with Crippen LogP contribution in [0.25, 0.3) is 0 Å². The van der Waals surface area contributed by atoms with Gasteiger partial charge in [0.25, 0.3) is 0 Å². The molecule has 0 bridgehead atoms. The predicted octanol–water partition coefficient (Wildman–Crippen LogP) is 3.70. The van der Waals surface area contributed by atoms with Crippen LogP contribution in [0.5, 0.6) is 0 Å². The molecular formula is C13H20OS2. The SMILES string of the molecule is C1=CC(C2(CC3CO3)SCCCS2)CCC1. The first kappa shape index (κ1) is 11.5. The maximum absolute atomic E-state index is 5.48. The molecule has 0 saturated carbocycles. The molecule has 0 radical (unpaired) electrons. The fourth-order valence-corrected chi connectivity index (χ4v) is 6.47. The van der Waals surface area contributed by atoms with Gasteiger partial charge in [-0.25, -0.2) is 0 Å². The first-order chi connectivity index (χ1) is 7.89. The minimum atomic E-state index is 0.455. The molecule has 2 unspecified atom stereocenters. The van der Waals surface area contributed by atoms with E-state index in [9.17, 15) is 0 Å². The van der Waals surface area contributed by atoms with Crippen LogP contribution in [0, 0.1) is 5.92 Å². The molecule has 16 heavy (non-hydrogen) atoms. The Morgan fingerprint density at radius 1 is 1.25 bits per heavy atom. The second-order valence-electron chi connectivity index (χ2n) is 4.99. The van der Waals surface area contributed by atoms with Gasteiger partial charge in [-0.15, -0.1) is 23.5 Å². The van der Waals surface area contributed by atoms with E-state index >= 15 is 0 Å². The second kappa shape index (κ2) is 4.95. The number of allylic oxidation sites excluding steroid dienone is 2. The molecule has 0 amide bonds. The Labute approximate surface area is 107 Å². The van der Waals surface area contributed by atoms with Gasteiger partial charge < -0.3 is 4.74 Å². The van der Waals surface area contributed by atoms with E-state index in [-0.39, 0.29) is 0 Å². The van der Waals surface area contributed by atoms with Crippen LogP contribution in [0.3, 0.4) is 0 Å². The van der Waals surface area contributed by atoms with E-state index in [0.29, 0.717) is 10.2 Å². The van der Waals surface area contributed by atoms with Crippen LogP contribution in [0.1, 0.15) is 32.1 Å². The highest BCUT2D eigenvalue weighted by molar-refractivity contribution is 8.18. The van der Waals surface area contributed by atoms with Gasteiger partial charge in [0.2, 0.25) is 0 Å². The molecule has 0 N–H and O–H groups in total. The van der Waals surface area contributed by atoms with Gasteiger partial charge in [0.05, 0.1) is 16.8 Å². The molecule has 0 spiro atoms. The number of rotatable bonds is 3. The van der Waals surface area contributed by atoms with Gasteiger partial charge in [-0.1, -0.05) is 12.2 Å². The minimum Gasteiger partial charge on any atom is -0.373 e. The van der Waals surface area contributed by atoms with Crippen LogP contribution >= 0.6 is 23.5 Å². The molecule has 90 valence electrons. The molecule has 3 rings (SSSR count). The van der Waals surface area contributed by atoms with Crippen molar-refractivity contribution in [3.05, 3.63) is 12.2 Å². The third-order valence-corrected chi connectivity index (χ3v) is 7.32. The minimum absolute atomic E-state index is 0.455. The summed E-state index contributed by atoms with van der Waals surface area (Å²) in [6.45, 7) is 1.01. The zero-order chi connectivity index (χ0) is 10.8. The molecule has 1 aliphatic carbocycles. The zero-order valence-corrected chi connectivity index (χ0v) is 11.3. The lowest BCUT2D eigenvalue weighted by Gasteiger charge is -2.42. The Kier molecular flexibility index (Phi) is 3.55. The fourth-order valence-electron chi connectivity index (χ4n) is 2.76. The lowest BCUT2D eigenvalue weighted by atomic mass is 9.90. The van der Waals surface area contributed by atoms with E-state index in [2.05, 4.69) is 35.7 Å². The van der Waals surface area contributed by atoms with Crippen molar-refractivity contribution in [3.8, 4) is 0 Å². The largest absolute Gasteiger partial charge is 0.373 e. The lowest BCUT2D eigenvalue weighted by molar-refractivity contribution is 0.366. The molecule has 0 aromatic heterocycles. The number of hydrogen-bond donors (Lipinski definition) is 0. The molecule has 3 aliphatic rings. The van der Waals surface area contributed by atoms with Crippen LogP contribution in [0.4, 0.5) is 0 Å². The van der Waals surface area contributed by atoms with E-state index in [0.717, 1.165) is 12.5 Å². The van der Waals surface area contributed by atoms with Gasteiger partial charge in [0, 0.05) is 12.3 Å². The summed E-state index contributed by atoms with van der Waals surface area (Å²) < 4.78 is 5.93. The van der Waals surface area contributed by atoms with Crippen molar-refractivity contribution in [1.29, 1.82) is 0 Å². The van der Waals surface area contributed by atoms with Crippen molar-refractivity contribution < 1.29 is 4.74 Å². The van der Waals surface area contributed by atoms with Gasteiger partial charge in [-0.05, 0) is 37.2 Å². The van der Waals surface area contributed by atoms with Crippen LogP contribution in [0.2, 0.25) is 0 Å². The summed E-state index contributed by atoms with van der Waals surface area (Å²) in [7, 11) is 0. The summed E-state index contributed by atoms with van der Waals surface area (Å²) in [4.78, 5) is 0. The van der Waals surface area contributed by atoms with E-state index in [4.69, 9.17) is 4.74 Å².